The van der Waals surface area contributed by atoms with Crippen LogP contribution in [0.3, 0.4) is 0 Å². The summed E-state index contributed by atoms with van der Waals surface area (Å²) < 4.78 is 0. The Balaban J connectivity index is 1.75. The second-order valence-corrected chi connectivity index (χ2v) is 7.42. The molecule has 0 aliphatic heterocycles. The van der Waals surface area contributed by atoms with Crippen molar-refractivity contribution in [1.29, 1.82) is 0 Å². The maximum atomic E-state index is 11.1. The fraction of sp³-hybridized carbons (Fsp3) is 0.750. The molecule has 5 rings (SSSR count). The largest absolute Gasteiger partial charge is 0.481 e. The summed E-state index contributed by atoms with van der Waals surface area (Å²) >= 11 is 0. The average Bonchev–Trinajstić information content (AvgIpc) is 2.68. The van der Waals surface area contributed by atoms with Crippen molar-refractivity contribution in [2.45, 2.75) is 57.3 Å². The highest BCUT2D eigenvalue weighted by molar-refractivity contribution is 5.70. The van der Waals surface area contributed by atoms with Crippen molar-refractivity contribution in [2.24, 2.45) is 17.8 Å². The smallest absolute Gasteiger partial charge is 0.309 e. The van der Waals surface area contributed by atoms with Crippen molar-refractivity contribution >= 4 is 5.97 Å². The van der Waals surface area contributed by atoms with E-state index in [4.69, 9.17) is 10.1 Å². The number of nitrogens with one attached hydrogen (secondary N) is 1. The second-order valence-electron chi connectivity index (χ2n) is 7.42. The van der Waals surface area contributed by atoms with E-state index in [0.29, 0.717) is 0 Å². The van der Waals surface area contributed by atoms with Gasteiger partial charge in [0.15, 0.2) is 0 Å². The van der Waals surface area contributed by atoms with Gasteiger partial charge in [0.05, 0.1) is 12.1 Å². The lowest BCUT2D eigenvalue weighted by Gasteiger charge is -2.56. The van der Waals surface area contributed by atoms with E-state index in [1.165, 1.54) is 38.5 Å². The number of hydrogen-bond donors (Lipinski definition) is 2. The molecule has 4 fully saturated rings. The van der Waals surface area contributed by atoms with E-state index in [9.17, 15) is 4.79 Å². The zero-order valence-corrected chi connectivity index (χ0v) is 12.0. The first-order chi connectivity index (χ1) is 9.54. The maximum absolute atomic E-state index is 11.1. The minimum absolute atomic E-state index is 0.0813. The minimum Gasteiger partial charge on any atom is -0.481 e. The lowest BCUT2D eigenvalue weighted by molar-refractivity contribution is -0.136. The van der Waals surface area contributed by atoms with Crippen molar-refractivity contribution in [1.82, 2.24) is 9.97 Å². The van der Waals surface area contributed by atoms with E-state index in [1.807, 2.05) is 6.92 Å². The van der Waals surface area contributed by atoms with Gasteiger partial charge in [-0.1, -0.05) is 0 Å². The van der Waals surface area contributed by atoms with Crippen LogP contribution in [-0.4, -0.2) is 21.0 Å². The Bertz CT molecular complexity index is 526. The molecule has 1 aromatic rings. The van der Waals surface area contributed by atoms with E-state index in [2.05, 4.69) is 4.98 Å². The van der Waals surface area contributed by atoms with Crippen LogP contribution in [0.4, 0.5) is 0 Å². The molecule has 2 N–H and O–H groups in total. The molecule has 0 aromatic carbocycles. The summed E-state index contributed by atoms with van der Waals surface area (Å²) in [5.74, 6) is 2.68. The first-order valence-corrected chi connectivity index (χ1v) is 7.82. The van der Waals surface area contributed by atoms with Gasteiger partial charge in [-0.25, -0.2) is 4.98 Å². The Labute approximate surface area is 119 Å². The van der Waals surface area contributed by atoms with Gasteiger partial charge in [-0.3, -0.25) is 4.79 Å². The first-order valence-electron chi connectivity index (χ1n) is 7.82. The molecular formula is C16H22N2O2. The molecule has 0 atom stereocenters. The number of aliphatic carboxylic acids is 1. The number of aromatic amines is 1. The number of aryl methyl sites for hydroxylation is 1. The average molecular weight is 274 g/mol. The van der Waals surface area contributed by atoms with Gasteiger partial charge in [0.25, 0.3) is 0 Å². The lowest BCUT2D eigenvalue weighted by Crippen LogP contribution is -2.49. The van der Waals surface area contributed by atoms with Crippen molar-refractivity contribution in [2.75, 3.05) is 0 Å². The zero-order chi connectivity index (χ0) is 13.9. The molecule has 1 aromatic heterocycles. The second kappa shape index (κ2) is 4.09. The standard InChI is InChI=1S/C16H22N2O2/c1-9-17-13(5-14(19)20)15(18-9)16-6-10-2-11(7-16)4-12(3-10)8-16/h10-12H,2-8H2,1H3,(H,17,18)(H,19,20). The van der Waals surface area contributed by atoms with Gasteiger partial charge in [-0.2, -0.15) is 0 Å². The third kappa shape index (κ3) is 1.80. The quantitative estimate of drug-likeness (QED) is 0.890. The molecular weight excluding hydrogens is 252 g/mol. The number of hydrogen-bond acceptors (Lipinski definition) is 2. The molecule has 1 heterocycles. The van der Waals surface area contributed by atoms with Crippen LogP contribution >= 0.6 is 0 Å². The molecule has 108 valence electrons. The van der Waals surface area contributed by atoms with Crippen molar-refractivity contribution in [3.63, 3.8) is 0 Å². The SMILES string of the molecule is Cc1nc(C23CC4CC(CC(C4)C2)C3)c(CC(=O)O)[nH]1. The van der Waals surface area contributed by atoms with E-state index in [1.54, 1.807) is 0 Å². The Morgan fingerprint density at radius 1 is 1.25 bits per heavy atom. The fourth-order valence-electron chi connectivity index (χ4n) is 5.66. The van der Waals surface area contributed by atoms with E-state index < -0.39 is 5.97 Å². The monoisotopic (exact) mass is 274 g/mol. The van der Waals surface area contributed by atoms with Crippen LogP contribution in [0, 0.1) is 24.7 Å². The molecule has 0 amide bonds. The number of H-pyrrole nitrogens is 1. The molecule has 4 heteroatoms. The van der Waals surface area contributed by atoms with Gasteiger partial charge in [0.2, 0.25) is 0 Å². The Hall–Kier alpha value is -1.32. The zero-order valence-electron chi connectivity index (χ0n) is 12.0. The third-order valence-corrected chi connectivity index (χ3v) is 5.77. The van der Waals surface area contributed by atoms with Gasteiger partial charge in [0.1, 0.15) is 5.82 Å². The topological polar surface area (TPSA) is 66.0 Å². The van der Waals surface area contributed by atoms with Crippen LogP contribution in [0.25, 0.3) is 0 Å². The van der Waals surface area contributed by atoms with E-state index in [0.717, 1.165) is 35.0 Å². The van der Waals surface area contributed by atoms with Gasteiger partial charge in [-0.05, 0) is 63.2 Å². The van der Waals surface area contributed by atoms with Crippen LogP contribution in [0.5, 0.6) is 0 Å². The number of carboxylic acid groups (broad SMARTS) is 1. The molecule has 4 aliphatic carbocycles. The van der Waals surface area contributed by atoms with Crippen LogP contribution < -0.4 is 0 Å². The first kappa shape index (κ1) is 12.4. The number of nitrogens with zero attached hydrogens (tertiary/aromatic N) is 1. The fourth-order valence-corrected chi connectivity index (χ4v) is 5.66. The highest BCUT2D eigenvalue weighted by Crippen LogP contribution is 2.60. The molecule has 4 aliphatic rings. The highest BCUT2D eigenvalue weighted by atomic mass is 16.4. The van der Waals surface area contributed by atoms with E-state index >= 15 is 0 Å². The number of carboxylic acids is 1. The minimum atomic E-state index is -0.764. The van der Waals surface area contributed by atoms with Crippen molar-refractivity contribution in [3.05, 3.63) is 17.2 Å². The summed E-state index contributed by atoms with van der Waals surface area (Å²) in [7, 11) is 0. The predicted octanol–water partition coefficient (Wildman–Crippen LogP) is 2.81. The summed E-state index contributed by atoms with van der Waals surface area (Å²) in [6, 6.07) is 0. The van der Waals surface area contributed by atoms with Gasteiger partial charge < -0.3 is 10.1 Å². The summed E-state index contributed by atoms with van der Waals surface area (Å²) in [5.41, 5.74) is 2.14. The molecule has 4 saturated carbocycles. The van der Waals surface area contributed by atoms with Gasteiger partial charge >= 0.3 is 5.97 Å². The number of carbonyl (C=O) groups is 1. The van der Waals surface area contributed by atoms with Gasteiger partial charge in [-0.15, -0.1) is 0 Å². The van der Waals surface area contributed by atoms with Crippen molar-refractivity contribution < 1.29 is 9.90 Å². The maximum Gasteiger partial charge on any atom is 0.309 e. The molecule has 4 bridgehead atoms. The molecule has 0 spiro atoms. The van der Waals surface area contributed by atoms with Crippen molar-refractivity contribution in [3.8, 4) is 0 Å². The highest BCUT2D eigenvalue weighted by Gasteiger charge is 2.53. The predicted molar refractivity (Wildman–Crippen MR) is 74.5 cm³/mol. The lowest BCUT2D eigenvalue weighted by atomic mass is 9.48. The summed E-state index contributed by atoms with van der Waals surface area (Å²) in [4.78, 5) is 19.1. The van der Waals surface area contributed by atoms with Crippen LogP contribution in [0.1, 0.15) is 55.7 Å². The van der Waals surface area contributed by atoms with Crippen LogP contribution in [-0.2, 0) is 16.6 Å². The van der Waals surface area contributed by atoms with E-state index in [-0.39, 0.29) is 11.8 Å². The summed E-state index contributed by atoms with van der Waals surface area (Å²) in [6.45, 7) is 1.94. The Morgan fingerprint density at radius 2 is 1.80 bits per heavy atom. The summed E-state index contributed by atoms with van der Waals surface area (Å²) in [5, 5.41) is 9.13. The molecule has 0 unspecified atom stereocenters. The molecule has 0 radical (unpaired) electrons. The summed E-state index contributed by atoms with van der Waals surface area (Å²) in [6.07, 6.45) is 7.98. The number of aromatic nitrogens is 2. The van der Waals surface area contributed by atoms with Crippen LogP contribution in [0.2, 0.25) is 0 Å². The Morgan fingerprint density at radius 3 is 2.30 bits per heavy atom. The third-order valence-electron chi connectivity index (χ3n) is 5.77. The molecule has 4 nitrogen and oxygen atoms in total. The Kier molecular flexibility index (Phi) is 2.54. The molecule has 20 heavy (non-hydrogen) atoms. The number of rotatable bonds is 3. The van der Waals surface area contributed by atoms with Crippen LogP contribution in [0.15, 0.2) is 0 Å². The number of imidazole rings is 1. The molecule has 0 saturated heterocycles. The normalized spacial score (nSPS) is 38.4. The van der Waals surface area contributed by atoms with Gasteiger partial charge in [0, 0.05) is 11.1 Å².